The van der Waals surface area contributed by atoms with Crippen molar-refractivity contribution in [2.24, 2.45) is 5.92 Å². The quantitative estimate of drug-likeness (QED) is 0.643. The Morgan fingerprint density at radius 2 is 1.56 bits per heavy atom. The first kappa shape index (κ1) is 24.5. The third kappa shape index (κ3) is 4.66. The molecule has 2 aromatic rings. The highest BCUT2D eigenvalue weighted by atomic mass is 32.2. The number of ether oxygens (including phenoxy) is 2. The van der Waals surface area contributed by atoms with Crippen molar-refractivity contribution < 1.29 is 22.7 Å². The van der Waals surface area contributed by atoms with Crippen LogP contribution in [0.15, 0.2) is 29.2 Å². The molecular formula is C26H34N2O5S. The number of rotatable bonds is 5. The largest absolute Gasteiger partial charge is 0.486 e. The number of hydrogen-bond donors (Lipinski definition) is 0. The molecule has 0 radical (unpaired) electrons. The number of hydrogen-bond acceptors (Lipinski definition) is 5. The normalized spacial score (nSPS) is 17.0. The lowest BCUT2D eigenvalue weighted by Crippen LogP contribution is -2.43. The van der Waals surface area contributed by atoms with Crippen LogP contribution in [0.1, 0.15) is 40.7 Å². The number of carbonyl (C=O) groups excluding carboxylic acids is 1. The highest BCUT2D eigenvalue weighted by Gasteiger charge is 2.35. The van der Waals surface area contributed by atoms with Crippen molar-refractivity contribution in [2.75, 3.05) is 33.4 Å². The first-order valence-corrected chi connectivity index (χ1v) is 13.2. The van der Waals surface area contributed by atoms with E-state index in [1.165, 1.54) is 0 Å². The molecule has 0 saturated carbocycles. The molecule has 0 unspecified atom stereocenters. The highest BCUT2D eigenvalue weighted by Crippen LogP contribution is 2.33. The van der Waals surface area contributed by atoms with Crippen LogP contribution in [-0.4, -0.2) is 56.9 Å². The fraction of sp³-hybridized carbons (Fsp3) is 0.500. The van der Waals surface area contributed by atoms with E-state index in [0.29, 0.717) is 56.3 Å². The molecule has 1 fully saturated rings. The molecular weight excluding hydrogens is 452 g/mol. The van der Waals surface area contributed by atoms with Crippen molar-refractivity contribution in [3.8, 4) is 11.5 Å². The van der Waals surface area contributed by atoms with E-state index in [9.17, 15) is 13.2 Å². The van der Waals surface area contributed by atoms with Gasteiger partial charge in [-0.25, -0.2) is 8.42 Å². The number of carbonyl (C=O) groups is 1. The Balaban J connectivity index is 1.41. The van der Waals surface area contributed by atoms with Gasteiger partial charge >= 0.3 is 0 Å². The second-order valence-electron chi connectivity index (χ2n) is 9.44. The van der Waals surface area contributed by atoms with Gasteiger partial charge in [0.2, 0.25) is 15.9 Å². The van der Waals surface area contributed by atoms with E-state index in [0.717, 1.165) is 33.6 Å². The fourth-order valence-corrected chi connectivity index (χ4v) is 6.93. The van der Waals surface area contributed by atoms with Crippen LogP contribution in [0.5, 0.6) is 11.5 Å². The Labute approximate surface area is 202 Å². The van der Waals surface area contributed by atoms with Crippen LogP contribution in [-0.2, 0) is 21.4 Å². The van der Waals surface area contributed by atoms with Gasteiger partial charge in [0, 0.05) is 32.6 Å². The Kier molecular flexibility index (Phi) is 6.92. The smallest absolute Gasteiger partial charge is 0.243 e. The first-order valence-electron chi connectivity index (χ1n) is 11.8. The molecule has 0 atom stereocenters. The molecule has 8 heteroatoms. The first-order chi connectivity index (χ1) is 16.1. The molecule has 2 aliphatic heterocycles. The minimum absolute atomic E-state index is 0.0469. The molecule has 1 amide bonds. The van der Waals surface area contributed by atoms with Crippen molar-refractivity contribution in [1.82, 2.24) is 9.21 Å². The zero-order valence-electron chi connectivity index (χ0n) is 20.7. The standard InChI is InChI=1S/C26H34N2O5S/c1-17-14-18(2)20(4)25(19(17)3)34(30,31)28-10-8-22(9-11-28)26(29)27(5)16-21-6-7-23-24(15-21)33-13-12-32-23/h6-7,14-15,22H,8-13,16H2,1-5H3. The summed E-state index contributed by atoms with van der Waals surface area (Å²) in [6.07, 6.45) is 1.04. The third-order valence-electron chi connectivity index (χ3n) is 7.10. The summed E-state index contributed by atoms with van der Waals surface area (Å²) in [7, 11) is -1.82. The Morgan fingerprint density at radius 3 is 2.18 bits per heavy atom. The van der Waals surface area contributed by atoms with E-state index >= 15 is 0 Å². The highest BCUT2D eigenvalue weighted by molar-refractivity contribution is 7.89. The molecule has 0 N–H and O–H groups in total. The average Bonchev–Trinajstić information content (AvgIpc) is 2.82. The number of aryl methyl sites for hydroxylation is 2. The minimum atomic E-state index is -3.61. The predicted molar refractivity (Wildman–Crippen MR) is 131 cm³/mol. The topological polar surface area (TPSA) is 76.2 Å². The maximum Gasteiger partial charge on any atom is 0.243 e. The van der Waals surface area contributed by atoms with E-state index < -0.39 is 10.0 Å². The van der Waals surface area contributed by atoms with Crippen LogP contribution in [0.4, 0.5) is 0 Å². The molecule has 0 aliphatic carbocycles. The lowest BCUT2D eigenvalue weighted by molar-refractivity contribution is -0.135. The summed E-state index contributed by atoms with van der Waals surface area (Å²) >= 11 is 0. The molecule has 0 bridgehead atoms. The average molecular weight is 487 g/mol. The molecule has 4 rings (SSSR count). The van der Waals surface area contributed by atoms with Crippen molar-refractivity contribution in [1.29, 1.82) is 0 Å². The summed E-state index contributed by atoms with van der Waals surface area (Å²) in [6, 6.07) is 7.78. The summed E-state index contributed by atoms with van der Waals surface area (Å²) in [6.45, 7) is 9.87. The summed E-state index contributed by atoms with van der Waals surface area (Å²) < 4.78 is 39.8. The van der Waals surface area contributed by atoms with Crippen LogP contribution >= 0.6 is 0 Å². The third-order valence-corrected chi connectivity index (χ3v) is 9.27. The molecule has 2 heterocycles. The summed E-state index contributed by atoms with van der Waals surface area (Å²) in [5.74, 6) is 1.30. The van der Waals surface area contributed by atoms with Gasteiger partial charge in [-0.05, 0) is 80.5 Å². The number of benzene rings is 2. The summed E-state index contributed by atoms with van der Waals surface area (Å²) in [4.78, 5) is 15.3. The Morgan fingerprint density at radius 1 is 0.971 bits per heavy atom. The Bertz CT molecular complexity index is 1170. The molecule has 34 heavy (non-hydrogen) atoms. The van der Waals surface area contributed by atoms with Gasteiger partial charge < -0.3 is 14.4 Å². The van der Waals surface area contributed by atoms with Crippen molar-refractivity contribution in [3.63, 3.8) is 0 Å². The van der Waals surface area contributed by atoms with Crippen molar-refractivity contribution >= 4 is 15.9 Å². The van der Waals surface area contributed by atoms with E-state index in [4.69, 9.17) is 9.47 Å². The molecule has 7 nitrogen and oxygen atoms in total. The van der Waals surface area contributed by atoms with Crippen LogP contribution in [0.3, 0.4) is 0 Å². The molecule has 0 spiro atoms. The van der Waals surface area contributed by atoms with E-state index in [1.807, 2.05) is 52.0 Å². The van der Waals surface area contributed by atoms with E-state index in [2.05, 4.69) is 0 Å². The lowest BCUT2D eigenvalue weighted by Gasteiger charge is -2.33. The Hall–Kier alpha value is -2.58. The molecule has 184 valence electrons. The van der Waals surface area contributed by atoms with Crippen LogP contribution in [0.2, 0.25) is 0 Å². The number of fused-ring (bicyclic) bond motifs is 1. The number of amides is 1. The SMILES string of the molecule is Cc1cc(C)c(C)c(S(=O)(=O)N2CCC(C(=O)N(C)Cc3ccc4c(c3)OCCO4)CC2)c1C. The predicted octanol–water partition coefficient (Wildman–Crippen LogP) is 3.75. The zero-order chi connectivity index (χ0) is 24.6. The minimum Gasteiger partial charge on any atom is -0.486 e. The van der Waals surface area contributed by atoms with Crippen LogP contribution < -0.4 is 9.47 Å². The maximum absolute atomic E-state index is 13.5. The zero-order valence-corrected chi connectivity index (χ0v) is 21.5. The van der Waals surface area contributed by atoms with Gasteiger partial charge in [-0.15, -0.1) is 0 Å². The van der Waals surface area contributed by atoms with Gasteiger partial charge in [-0.3, -0.25) is 4.79 Å². The van der Waals surface area contributed by atoms with Crippen molar-refractivity contribution in [3.05, 3.63) is 52.1 Å². The van der Waals surface area contributed by atoms with Gasteiger partial charge in [0.1, 0.15) is 13.2 Å². The maximum atomic E-state index is 13.5. The van der Waals surface area contributed by atoms with Crippen LogP contribution in [0, 0.1) is 33.6 Å². The second kappa shape index (κ2) is 9.58. The van der Waals surface area contributed by atoms with E-state index in [-0.39, 0.29) is 11.8 Å². The number of nitrogens with zero attached hydrogens (tertiary/aromatic N) is 2. The number of sulfonamides is 1. The second-order valence-corrected chi connectivity index (χ2v) is 11.3. The van der Waals surface area contributed by atoms with Crippen LogP contribution in [0.25, 0.3) is 0 Å². The summed E-state index contributed by atoms with van der Waals surface area (Å²) in [5.41, 5.74) is 4.54. The van der Waals surface area contributed by atoms with Gasteiger partial charge in [-0.2, -0.15) is 4.31 Å². The fourth-order valence-electron chi connectivity index (χ4n) is 4.89. The molecule has 2 aromatic carbocycles. The van der Waals surface area contributed by atoms with Gasteiger partial charge in [0.05, 0.1) is 4.90 Å². The van der Waals surface area contributed by atoms with E-state index in [1.54, 1.807) is 16.3 Å². The monoisotopic (exact) mass is 486 g/mol. The molecule has 2 aliphatic rings. The van der Waals surface area contributed by atoms with Crippen molar-refractivity contribution in [2.45, 2.75) is 52.0 Å². The molecule has 1 saturated heterocycles. The van der Waals surface area contributed by atoms with Gasteiger partial charge in [-0.1, -0.05) is 12.1 Å². The lowest BCUT2D eigenvalue weighted by atomic mass is 9.96. The van der Waals surface area contributed by atoms with Gasteiger partial charge in [0.15, 0.2) is 11.5 Å². The van der Waals surface area contributed by atoms with Gasteiger partial charge in [0.25, 0.3) is 0 Å². The summed E-state index contributed by atoms with van der Waals surface area (Å²) in [5, 5.41) is 0. The molecule has 0 aromatic heterocycles. The number of piperidine rings is 1.